The highest BCUT2D eigenvalue weighted by molar-refractivity contribution is 5.03. The lowest BCUT2D eigenvalue weighted by molar-refractivity contribution is 0.385. The van der Waals surface area contributed by atoms with Gasteiger partial charge in [0.1, 0.15) is 6.10 Å². The van der Waals surface area contributed by atoms with Crippen LogP contribution in [-0.2, 0) is 4.74 Å². The van der Waals surface area contributed by atoms with Crippen LogP contribution < -0.4 is 0 Å². The van der Waals surface area contributed by atoms with E-state index in [0.29, 0.717) is 12.2 Å². The van der Waals surface area contributed by atoms with Crippen molar-refractivity contribution in [3.8, 4) is 0 Å². The minimum Gasteiger partial charge on any atom is -0.365 e. The number of allylic oxidation sites excluding steroid dienone is 1. The van der Waals surface area contributed by atoms with Crippen LogP contribution >= 0.6 is 0 Å². The van der Waals surface area contributed by atoms with Crippen molar-refractivity contribution in [3.05, 3.63) is 12.2 Å². The maximum Gasteiger partial charge on any atom is 0.103 e. The first-order chi connectivity index (χ1) is 3.47. The molecule has 0 N–H and O–H groups in total. The zero-order valence-electron chi connectivity index (χ0n) is 4.05. The molecule has 2 unspecified atom stereocenters. The van der Waals surface area contributed by atoms with Gasteiger partial charge in [0.25, 0.3) is 0 Å². The average Bonchev–Trinajstić information content (AvgIpc) is 2.41. The molecule has 1 saturated heterocycles. The van der Waals surface area contributed by atoms with E-state index in [0.717, 1.165) is 6.42 Å². The standard InChI is InChI=1S/C6H7O/c1-2-4-6-5(3-1)7-6/h4-6H,1,3H2. The minimum atomic E-state index is 0.466. The van der Waals surface area contributed by atoms with Gasteiger partial charge in [-0.1, -0.05) is 0 Å². The predicted molar refractivity (Wildman–Crippen MR) is 25.7 cm³/mol. The first-order valence-corrected chi connectivity index (χ1v) is 2.69. The highest BCUT2D eigenvalue weighted by Gasteiger charge is 2.37. The van der Waals surface area contributed by atoms with Crippen molar-refractivity contribution in [2.75, 3.05) is 0 Å². The highest BCUT2D eigenvalue weighted by Crippen LogP contribution is 2.30. The Hall–Kier alpha value is -0.300. The summed E-state index contributed by atoms with van der Waals surface area (Å²) in [6.07, 6.45) is 8.51. The molecule has 0 aromatic carbocycles. The van der Waals surface area contributed by atoms with Crippen molar-refractivity contribution in [1.29, 1.82) is 0 Å². The van der Waals surface area contributed by atoms with Crippen molar-refractivity contribution in [2.24, 2.45) is 0 Å². The molecule has 7 heavy (non-hydrogen) atoms. The maximum absolute atomic E-state index is 5.16. The van der Waals surface area contributed by atoms with Gasteiger partial charge in [-0.3, -0.25) is 0 Å². The maximum atomic E-state index is 5.16. The average molecular weight is 95.1 g/mol. The van der Waals surface area contributed by atoms with Crippen LogP contribution in [0.5, 0.6) is 0 Å². The third-order valence-electron chi connectivity index (χ3n) is 1.48. The normalized spacial score (nSPS) is 45.7. The molecule has 0 aromatic heterocycles. The number of hydrogen-bond acceptors (Lipinski definition) is 1. The molecule has 2 rings (SSSR count). The van der Waals surface area contributed by atoms with Gasteiger partial charge in [-0.15, -0.1) is 0 Å². The van der Waals surface area contributed by atoms with E-state index in [1.165, 1.54) is 6.42 Å². The molecule has 0 aromatic rings. The molecule has 0 amide bonds. The number of rotatable bonds is 0. The van der Waals surface area contributed by atoms with E-state index in [9.17, 15) is 0 Å². The van der Waals surface area contributed by atoms with Gasteiger partial charge in [0.05, 0.1) is 6.10 Å². The lowest BCUT2D eigenvalue weighted by atomic mass is 10.1. The molecule has 1 heterocycles. The summed E-state index contributed by atoms with van der Waals surface area (Å²) >= 11 is 0. The van der Waals surface area contributed by atoms with Crippen LogP contribution in [0.1, 0.15) is 12.8 Å². The molecule has 0 bridgehead atoms. The van der Waals surface area contributed by atoms with E-state index < -0.39 is 0 Å². The molecule has 1 nitrogen and oxygen atoms in total. The second kappa shape index (κ2) is 1.10. The molecule has 2 atom stereocenters. The van der Waals surface area contributed by atoms with Crippen LogP contribution in [0.15, 0.2) is 6.08 Å². The lowest BCUT2D eigenvalue weighted by Gasteiger charge is -1.91. The zero-order valence-corrected chi connectivity index (χ0v) is 4.05. The Labute approximate surface area is 43.0 Å². The first-order valence-electron chi connectivity index (χ1n) is 2.69. The molecular formula is C6H7O. The third kappa shape index (κ3) is 0.484. The van der Waals surface area contributed by atoms with Gasteiger partial charge in [0, 0.05) is 0 Å². The van der Waals surface area contributed by atoms with Crippen LogP contribution in [0.4, 0.5) is 0 Å². The monoisotopic (exact) mass is 95.0 g/mol. The predicted octanol–water partition coefficient (Wildman–Crippen LogP) is 0.907. The highest BCUT2D eigenvalue weighted by atomic mass is 16.6. The molecular weight excluding hydrogens is 88.1 g/mol. The fourth-order valence-corrected chi connectivity index (χ4v) is 0.960. The van der Waals surface area contributed by atoms with E-state index in [1.54, 1.807) is 0 Å². The third-order valence-corrected chi connectivity index (χ3v) is 1.48. The Morgan fingerprint density at radius 2 is 2.71 bits per heavy atom. The Morgan fingerprint density at radius 1 is 1.71 bits per heavy atom. The Bertz CT molecular complexity index is 107. The zero-order chi connectivity index (χ0) is 4.69. The molecule has 2 aliphatic rings. The number of ether oxygens (including phenoxy) is 1. The SMILES string of the molecule is [C]1=CC2OC2CC1. The summed E-state index contributed by atoms with van der Waals surface area (Å²) in [4.78, 5) is 0. The molecule has 1 aliphatic heterocycles. The van der Waals surface area contributed by atoms with Crippen molar-refractivity contribution in [1.82, 2.24) is 0 Å². The van der Waals surface area contributed by atoms with E-state index in [4.69, 9.17) is 4.74 Å². The molecule has 0 spiro atoms. The fraction of sp³-hybridized carbons (Fsp3) is 0.667. The van der Waals surface area contributed by atoms with Gasteiger partial charge < -0.3 is 4.74 Å². The van der Waals surface area contributed by atoms with E-state index in [2.05, 4.69) is 6.08 Å². The summed E-state index contributed by atoms with van der Waals surface area (Å²) in [5.41, 5.74) is 0. The Balaban J connectivity index is 2.14. The molecule has 1 fully saturated rings. The van der Waals surface area contributed by atoms with Crippen molar-refractivity contribution in [2.45, 2.75) is 25.0 Å². The fourth-order valence-electron chi connectivity index (χ4n) is 0.960. The second-order valence-electron chi connectivity index (χ2n) is 2.05. The minimum absolute atomic E-state index is 0.466. The lowest BCUT2D eigenvalue weighted by Crippen LogP contribution is -1.94. The molecule has 37 valence electrons. The summed E-state index contributed by atoms with van der Waals surface area (Å²) in [7, 11) is 0. The summed E-state index contributed by atoms with van der Waals surface area (Å²) in [6, 6.07) is 0. The van der Waals surface area contributed by atoms with Gasteiger partial charge in [-0.2, -0.15) is 0 Å². The molecule has 0 saturated carbocycles. The first kappa shape index (κ1) is 3.67. The van der Waals surface area contributed by atoms with Gasteiger partial charge >= 0.3 is 0 Å². The van der Waals surface area contributed by atoms with Crippen molar-refractivity contribution < 1.29 is 4.74 Å². The summed E-state index contributed by atoms with van der Waals surface area (Å²) in [5, 5.41) is 0. The van der Waals surface area contributed by atoms with Gasteiger partial charge in [-0.25, -0.2) is 0 Å². The second-order valence-corrected chi connectivity index (χ2v) is 2.05. The van der Waals surface area contributed by atoms with Crippen molar-refractivity contribution in [3.63, 3.8) is 0 Å². The van der Waals surface area contributed by atoms with Gasteiger partial charge in [0.15, 0.2) is 0 Å². The number of fused-ring (bicyclic) bond motifs is 1. The van der Waals surface area contributed by atoms with E-state index >= 15 is 0 Å². The summed E-state index contributed by atoms with van der Waals surface area (Å²) < 4.78 is 5.16. The van der Waals surface area contributed by atoms with Crippen LogP contribution in [0.2, 0.25) is 0 Å². The van der Waals surface area contributed by atoms with Crippen LogP contribution in [0, 0.1) is 6.08 Å². The topological polar surface area (TPSA) is 12.5 Å². The molecule has 1 radical (unpaired) electrons. The largest absolute Gasteiger partial charge is 0.365 e. The number of hydrogen-bond donors (Lipinski definition) is 0. The van der Waals surface area contributed by atoms with E-state index in [-0.39, 0.29) is 0 Å². The van der Waals surface area contributed by atoms with Crippen LogP contribution in [0.25, 0.3) is 0 Å². The van der Waals surface area contributed by atoms with Crippen LogP contribution in [-0.4, -0.2) is 12.2 Å². The van der Waals surface area contributed by atoms with Gasteiger partial charge in [0.2, 0.25) is 0 Å². The smallest absolute Gasteiger partial charge is 0.103 e. The molecule has 1 aliphatic carbocycles. The van der Waals surface area contributed by atoms with Gasteiger partial charge in [-0.05, 0) is 25.0 Å². The quantitative estimate of drug-likeness (QED) is 0.407. The summed E-state index contributed by atoms with van der Waals surface area (Å²) in [5.74, 6) is 0. The Kier molecular flexibility index (Phi) is 0.577. The van der Waals surface area contributed by atoms with Crippen LogP contribution in [0.3, 0.4) is 0 Å². The number of epoxide rings is 1. The summed E-state index contributed by atoms with van der Waals surface area (Å²) in [6.45, 7) is 0. The van der Waals surface area contributed by atoms with E-state index in [1.807, 2.05) is 6.08 Å². The van der Waals surface area contributed by atoms with Crippen molar-refractivity contribution >= 4 is 0 Å². The molecule has 1 heteroatoms. The Morgan fingerprint density at radius 3 is 3.29 bits per heavy atom.